The molecular weight excluding hydrogens is 799 g/mol. The minimum atomic E-state index is -1.65. The van der Waals surface area contributed by atoms with E-state index in [9.17, 15) is 0 Å². The Bertz CT molecular complexity index is 2460. The SMILES string of the molecule is C[Si](C)=[Zr]([Cl])[Cl].Cc1ccc(-c2cc3c(-c4ccccc4C)c(C)c(C)cc3[cH-]2)o1.Cc1ccc(-c2cc3c(-c4ccccc4C)c(C)c(C)cc3[cH-]2)o1. The number of aryl methyl sites for hydroxylation is 6. The molecule has 8 rings (SSSR count). The van der Waals surface area contributed by atoms with Gasteiger partial charge in [-0.15, -0.1) is 57.9 Å². The normalized spacial score (nSPS) is 11.0. The zero-order valence-electron chi connectivity index (χ0n) is 33.0. The molecule has 2 aromatic heterocycles. The van der Waals surface area contributed by atoms with E-state index in [2.05, 4.69) is 152 Å². The Labute approximate surface area is 335 Å². The van der Waals surface area contributed by atoms with E-state index >= 15 is 0 Å². The Morgan fingerprint density at radius 1 is 0.500 bits per heavy atom. The standard InChI is InChI=1S/2C23H21O.C2H6Si.2ClH.Zr/c2*1-14-7-5-6-8-20(14)23-17(4)15(2)11-18-12-19(13-21(18)23)22-10-9-16(3)24-22;1-3-2;;;/h2*5-13H,1-4H3;1-2H3;2*1H;/q2*-1;;;;+2/p-2. The molecule has 0 unspecified atom stereocenters. The predicted octanol–water partition coefficient (Wildman–Crippen LogP) is 15.6. The van der Waals surface area contributed by atoms with E-state index in [-0.39, 0.29) is 5.43 Å². The van der Waals surface area contributed by atoms with Gasteiger partial charge in [0, 0.05) is 0 Å². The molecule has 0 aliphatic heterocycles. The number of furan rings is 2. The first-order valence-electron chi connectivity index (χ1n) is 18.4. The van der Waals surface area contributed by atoms with Crippen molar-refractivity contribution in [2.75, 3.05) is 0 Å². The third-order valence-corrected chi connectivity index (χ3v) is 30.1. The number of hydrogen-bond donors (Lipinski definition) is 0. The van der Waals surface area contributed by atoms with Crippen LogP contribution in [0.5, 0.6) is 0 Å². The van der Waals surface area contributed by atoms with Gasteiger partial charge >= 0.3 is 53.5 Å². The molecule has 0 amide bonds. The van der Waals surface area contributed by atoms with Crippen molar-refractivity contribution in [2.24, 2.45) is 0 Å². The van der Waals surface area contributed by atoms with Crippen molar-refractivity contribution in [3.8, 4) is 44.9 Å². The maximum absolute atomic E-state index is 5.83. The van der Waals surface area contributed by atoms with Crippen LogP contribution in [0.25, 0.3) is 66.4 Å². The second-order valence-corrected chi connectivity index (χ2v) is 37.6. The minimum Gasteiger partial charge on any atom is -0.496 e. The maximum Gasteiger partial charge on any atom is 0.0896 e. The summed E-state index contributed by atoms with van der Waals surface area (Å²) in [7, 11) is 11.2. The molecule has 276 valence electrons. The fraction of sp³-hybridized carbons (Fsp3) is 0.208. The molecule has 8 aromatic rings. The largest absolute Gasteiger partial charge is 0.496 e. The van der Waals surface area contributed by atoms with Gasteiger partial charge in [0.1, 0.15) is 0 Å². The molecule has 0 aliphatic carbocycles. The molecule has 6 heteroatoms. The van der Waals surface area contributed by atoms with Gasteiger partial charge in [-0.25, -0.2) is 0 Å². The van der Waals surface area contributed by atoms with Gasteiger partial charge in [-0.1, -0.05) is 81.9 Å². The van der Waals surface area contributed by atoms with Gasteiger partial charge in [0.15, 0.2) is 0 Å². The fourth-order valence-electron chi connectivity index (χ4n) is 7.07. The summed E-state index contributed by atoms with van der Waals surface area (Å²) in [4.78, 5) is 0. The maximum atomic E-state index is 5.83. The minimum absolute atomic E-state index is 0.224. The number of hydrogen-bond acceptors (Lipinski definition) is 2. The average Bonchev–Trinajstić information content (AvgIpc) is 3.95. The van der Waals surface area contributed by atoms with Crippen LogP contribution in [0.15, 0.2) is 118 Å². The van der Waals surface area contributed by atoms with Crippen LogP contribution in [0.4, 0.5) is 0 Å². The van der Waals surface area contributed by atoms with Gasteiger partial charge in [0.25, 0.3) is 0 Å². The third kappa shape index (κ3) is 8.58. The summed E-state index contributed by atoms with van der Waals surface area (Å²) >= 11 is -1.65. The third-order valence-electron chi connectivity index (χ3n) is 10.3. The average molecular weight is 847 g/mol. The summed E-state index contributed by atoms with van der Waals surface area (Å²) < 4.78 is 11.7. The van der Waals surface area contributed by atoms with Crippen LogP contribution in [-0.4, -0.2) is 5.43 Å². The predicted molar refractivity (Wildman–Crippen MR) is 232 cm³/mol. The van der Waals surface area contributed by atoms with Gasteiger partial charge in [-0.2, -0.15) is 0 Å². The van der Waals surface area contributed by atoms with Crippen LogP contribution in [0.1, 0.15) is 44.9 Å². The molecule has 54 heavy (non-hydrogen) atoms. The van der Waals surface area contributed by atoms with Crippen molar-refractivity contribution in [1.82, 2.24) is 0 Å². The monoisotopic (exact) mass is 844 g/mol. The Morgan fingerprint density at radius 3 is 1.19 bits per heavy atom. The first-order valence-corrected chi connectivity index (χ1v) is 30.9. The van der Waals surface area contributed by atoms with E-state index in [0.717, 1.165) is 34.2 Å². The van der Waals surface area contributed by atoms with Crippen molar-refractivity contribution in [3.05, 3.63) is 154 Å². The van der Waals surface area contributed by atoms with Gasteiger partial charge in [-0.3, -0.25) is 0 Å². The van der Waals surface area contributed by atoms with E-state index in [1.807, 2.05) is 26.0 Å². The quantitative estimate of drug-likeness (QED) is 0.130. The molecular formula is C48H48Cl2O2SiZr-2. The van der Waals surface area contributed by atoms with Crippen LogP contribution in [-0.2, 0) is 18.0 Å². The molecule has 0 fully saturated rings. The van der Waals surface area contributed by atoms with Gasteiger partial charge in [0.05, 0.1) is 23.0 Å². The number of fused-ring (bicyclic) bond motifs is 2. The van der Waals surface area contributed by atoms with Gasteiger partial charge in [0.2, 0.25) is 0 Å². The van der Waals surface area contributed by atoms with Gasteiger partial charge < -0.3 is 8.83 Å². The van der Waals surface area contributed by atoms with Crippen LogP contribution in [0.3, 0.4) is 0 Å². The second-order valence-electron chi connectivity index (χ2n) is 14.6. The summed E-state index contributed by atoms with van der Waals surface area (Å²) in [6.07, 6.45) is 0. The number of rotatable bonds is 4. The van der Waals surface area contributed by atoms with E-state index in [1.165, 1.54) is 77.2 Å². The molecule has 0 atom stereocenters. The Morgan fingerprint density at radius 2 is 0.870 bits per heavy atom. The molecule has 2 heterocycles. The Hall–Kier alpha value is -3.66. The first-order chi connectivity index (χ1) is 25.7. The Balaban J connectivity index is 0.000000160. The molecule has 2 nitrogen and oxygen atoms in total. The van der Waals surface area contributed by atoms with E-state index in [0.29, 0.717) is 0 Å². The topological polar surface area (TPSA) is 26.3 Å². The smallest absolute Gasteiger partial charge is 0.0896 e. The van der Waals surface area contributed by atoms with Crippen molar-refractivity contribution in [2.45, 2.75) is 68.5 Å². The van der Waals surface area contributed by atoms with E-state index in [1.54, 1.807) is 0 Å². The zero-order valence-corrected chi connectivity index (χ0v) is 37.9. The van der Waals surface area contributed by atoms with Gasteiger partial charge in [-0.05, 0) is 113 Å². The van der Waals surface area contributed by atoms with Crippen molar-refractivity contribution in [3.63, 3.8) is 0 Å². The first kappa shape index (κ1) is 40.0. The van der Waals surface area contributed by atoms with Crippen LogP contribution < -0.4 is 0 Å². The summed E-state index contributed by atoms with van der Waals surface area (Å²) in [6.45, 7) is 21.5. The van der Waals surface area contributed by atoms with E-state index in [4.69, 9.17) is 25.9 Å². The molecule has 0 saturated carbocycles. The Kier molecular flexibility index (Phi) is 12.6. The summed E-state index contributed by atoms with van der Waals surface area (Å²) in [5.74, 6) is 3.77. The van der Waals surface area contributed by atoms with E-state index < -0.39 is 18.0 Å². The molecule has 6 aromatic carbocycles. The molecule has 0 radical (unpaired) electrons. The second kappa shape index (κ2) is 17.0. The number of benzene rings is 4. The summed E-state index contributed by atoms with van der Waals surface area (Å²) in [5.41, 5.74) is 15.4. The van der Waals surface area contributed by atoms with Crippen LogP contribution >= 0.6 is 17.0 Å². The van der Waals surface area contributed by atoms with Crippen molar-refractivity contribution in [1.29, 1.82) is 0 Å². The molecule has 0 N–H and O–H groups in total. The van der Waals surface area contributed by atoms with Crippen molar-refractivity contribution >= 4 is 44.0 Å². The number of halogens is 2. The zero-order chi connectivity index (χ0) is 38.8. The molecule has 0 aliphatic rings. The molecule has 0 saturated heterocycles. The summed E-state index contributed by atoms with van der Waals surface area (Å²) in [5, 5.41) is 5.16. The molecule has 0 spiro atoms. The molecule has 0 bridgehead atoms. The fourth-order valence-corrected chi connectivity index (χ4v) is 7.07. The van der Waals surface area contributed by atoms with Crippen molar-refractivity contribution < 1.29 is 26.8 Å². The van der Waals surface area contributed by atoms with Crippen LogP contribution in [0.2, 0.25) is 13.1 Å². The summed E-state index contributed by atoms with van der Waals surface area (Å²) in [6, 6.07) is 39.0. The van der Waals surface area contributed by atoms with Crippen LogP contribution in [0, 0.1) is 55.4 Å².